The predicted octanol–water partition coefficient (Wildman–Crippen LogP) is 4.29. The third kappa shape index (κ3) is 3.99. The van der Waals surface area contributed by atoms with E-state index in [0.29, 0.717) is 10.7 Å². The van der Waals surface area contributed by atoms with Crippen LogP contribution in [0.15, 0.2) is 46.9 Å². The van der Waals surface area contributed by atoms with Gasteiger partial charge in [-0.2, -0.15) is 0 Å². The number of anilines is 1. The topological polar surface area (TPSA) is 38.3 Å². The Hall–Kier alpha value is -1.52. The maximum Gasteiger partial charge on any atom is 0.228 e. The molecule has 0 aliphatic rings. The summed E-state index contributed by atoms with van der Waals surface area (Å²) < 4.78 is 5.99. The summed E-state index contributed by atoms with van der Waals surface area (Å²) in [5.41, 5.74) is 1.47. The van der Waals surface area contributed by atoms with E-state index >= 15 is 0 Å². The molecule has 0 saturated carbocycles. The van der Waals surface area contributed by atoms with Crippen molar-refractivity contribution in [2.24, 2.45) is 0 Å². The van der Waals surface area contributed by atoms with Gasteiger partial charge in [-0.3, -0.25) is 4.79 Å². The first-order chi connectivity index (χ1) is 9.58. The third-order valence-corrected chi connectivity index (χ3v) is 3.52. The van der Waals surface area contributed by atoms with Gasteiger partial charge in [0.2, 0.25) is 5.91 Å². The van der Waals surface area contributed by atoms with Crippen molar-refractivity contribution in [1.82, 2.24) is 0 Å². The van der Waals surface area contributed by atoms with Gasteiger partial charge in [0.1, 0.15) is 5.75 Å². The molecule has 0 heterocycles. The Kier molecular flexibility index (Phi) is 5.04. The number of nitrogens with one attached hydrogen (secondary N) is 1. The fourth-order valence-electron chi connectivity index (χ4n) is 1.76. The van der Waals surface area contributed by atoms with Gasteiger partial charge in [0.15, 0.2) is 0 Å². The number of hydrogen-bond acceptors (Lipinski definition) is 2. The van der Waals surface area contributed by atoms with Gasteiger partial charge < -0.3 is 10.1 Å². The number of methoxy groups -OCH3 is 1. The highest BCUT2D eigenvalue weighted by Crippen LogP contribution is 2.25. The van der Waals surface area contributed by atoms with Crippen molar-refractivity contribution in [3.63, 3.8) is 0 Å². The van der Waals surface area contributed by atoms with Crippen LogP contribution in [0.4, 0.5) is 5.69 Å². The fraction of sp³-hybridized carbons (Fsp3) is 0.133. The molecule has 2 aromatic rings. The molecule has 0 aromatic heterocycles. The number of benzene rings is 2. The lowest BCUT2D eigenvalue weighted by molar-refractivity contribution is -0.115. The monoisotopic (exact) mass is 353 g/mol. The molecule has 2 rings (SSSR count). The molecular formula is C15H13BrClNO2. The number of halogens is 2. The second-order valence-corrected chi connectivity index (χ2v) is 5.52. The van der Waals surface area contributed by atoms with Crippen LogP contribution in [0.25, 0.3) is 0 Å². The van der Waals surface area contributed by atoms with E-state index in [0.717, 1.165) is 15.8 Å². The fourth-order valence-corrected chi connectivity index (χ4v) is 2.28. The predicted molar refractivity (Wildman–Crippen MR) is 84.5 cm³/mol. The Morgan fingerprint density at radius 3 is 2.85 bits per heavy atom. The largest absolute Gasteiger partial charge is 0.497 e. The second-order valence-electron chi connectivity index (χ2n) is 4.20. The molecule has 5 heteroatoms. The lowest BCUT2D eigenvalue weighted by atomic mass is 10.1. The molecule has 0 saturated heterocycles. The first kappa shape index (κ1) is 14.9. The Morgan fingerprint density at radius 1 is 1.30 bits per heavy atom. The Labute approximate surface area is 131 Å². The van der Waals surface area contributed by atoms with Gasteiger partial charge in [0.25, 0.3) is 0 Å². The van der Waals surface area contributed by atoms with Crippen molar-refractivity contribution in [3.8, 4) is 5.75 Å². The summed E-state index contributed by atoms with van der Waals surface area (Å²) in [5.74, 6) is 0.606. The highest BCUT2D eigenvalue weighted by Gasteiger charge is 2.08. The van der Waals surface area contributed by atoms with Crippen LogP contribution in [-0.4, -0.2) is 13.0 Å². The van der Waals surface area contributed by atoms with Gasteiger partial charge in [-0.05, 0) is 35.9 Å². The SMILES string of the molecule is COc1cccc(CC(=O)Nc2cc(Br)ccc2Cl)c1. The second kappa shape index (κ2) is 6.77. The number of rotatable bonds is 4. The number of ether oxygens (including phenoxy) is 1. The first-order valence-electron chi connectivity index (χ1n) is 5.96. The van der Waals surface area contributed by atoms with E-state index in [4.69, 9.17) is 16.3 Å². The van der Waals surface area contributed by atoms with Crippen LogP contribution in [0.2, 0.25) is 5.02 Å². The van der Waals surface area contributed by atoms with Crippen LogP contribution in [0.1, 0.15) is 5.56 Å². The minimum atomic E-state index is -0.127. The number of carbonyl (C=O) groups excluding carboxylic acids is 1. The molecule has 0 aliphatic carbocycles. The van der Waals surface area contributed by atoms with Crippen molar-refractivity contribution >= 4 is 39.1 Å². The molecule has 0 bridgehead atoms. The van der Waals surface area contributed by atoms with Crippen LogP contribution >= 0.6 is 27.5 Å². The summed E-state index contributed by atoms with van der Waals surface area (Å²) in [5, 5.41) is 3.30. The zero-order chi connectivity index (χ0) is 14.5. The van der Waals surface area contributed by atoms with Crippen LogP contribution in [0.5, 0.6) is 5.75 Å². The van der Waals surface area contributed by atoms with E-state index in [2.05, 4.69) is 21.2 Å². The van der Waals surface area contributed by atoms with Gasteiger partial charge in [-0.25, -0.2) is 0 Å². The molecule has 0 radical (unpaired) electrons. The Morgan fingerprint density at radius 2 is 2.10 bits per heavy atom. The average molecular weight is 355 g/mol. The summed E-state index contributed by atoms with van der Waals surface area (Å²) in [6, 6.07) is 12.7. The Balaban J connectivity index is 2.07. The van der Waals surface area contributed by atoms with Crippen LogP contribution < -0.4 is 10.1 Å². The molecule has 1 amide bonds. The van der Waals surface area contributed by atoms with Crippen LogP contribution in [0.3, 0.4) is 0 Å². The normalized spacial score (nSPS) is 10.2. The van der Waals surface area contributed by atoms with Crippen molar-refractivity contribution in [2.45, 2.75) is 6.42 Å². The van der Waals surface area contributed by atoms with Crippen LogP contribution in [-0.2, 0) is 11.2 Å². The van der Waals surface area contributed by atoms with E-state index < -0.39 is 0 Å². The zero-order valence-corrected chi connectivity index (χ0v) is 13.2. The standard InChI is InChI=1S/C15H13BrClNO2/c1-20-12-4-2-3-10(7-12)8-15(19)18-14-9-11(16)5-6-13(14)17/h2-7,9H,8H2,1H3,(H,18,19). The maximum absolute atomic E-state index is 12.0. The van der Waals surface area contributed by atoms with Crippen molar-refractivity contribution in [1.29, 1.82) is 0 Å². The Bertz CT molecular complexity index is 631. The summed E-state index contributed by atoms with van der Waals surface area (Å²) in [4.78, 5) is 12.0. The molecule has 1 N–H and O–H groups in total. The van der Waals surface area contributed by atoms with Gasteiger partial charge >= 0.3 is 0 Å². The summed E-state index contributed by atoms with van der Waals surface area (Å²) in [7, 11) is 1.60. The van der Waals surface area contributed by atoms with Crippen molar-refractivity contribution in [3.05, 3.63) is 57.5 Å². The lowest BCUT2D eigenvalue weighted by Crippen LogP contribution is -2.14. The molecule has 0 aliphatic heterocycles. The van der Waals surface area contributed by atoms with E-state index in [1.54, 1.807) is 19.2 Å². The van der Waals surface area contributed by atoms with E-state index in [9.17, 15) is 4.79 Å². The third-order valence-electron chi connectivity index (χ3n) is 2.70. The molecular weight excluding hydrogens is 342 g/mol. The smallest absolute Gasteiger partial charge is 0.228 e. The molecule has 0 fully saturated rings. The molecule has 3 nitrogen and oxygen atoms in total. The van der Waals surface area contributed by atoms with Crippen molar-refractivity contribution in [2.75, 3.05) is 12.4 Å². The van der Waals surface area contributed by atoms with Crippen molar-refractivity contribution < 1.29 is 9.53 Å². The molecule has 0 spiro atoms. The van der Waals surface area contributed by atoms with Gasteiger partial charge in [-0.15, -0.1) is 0 Å². The zero-order valence-electron chi connectivity index (χ0n) is 10.8. The lowest BCUT2D eigenvalue weighted by Gasteiger charge is -2.08. The minimum Gasteiger partial charge on any atom is -0.497 e. The number of carbonyl (C=O) groups is 1. The van der Waals surface area contributed by atoms with Gasteiger partial charge in [0, 0.05) is 4.47 Å². The van der Waals surface area contributed by atoms with Gasteiger partial charge in [-0.1, -0.05) is 39.7 Å². The summed E-state index contributed by atoms with van der Waals surface area (Å²) in [6.45, 7) is 0. The first-order valence-corrected chi connectivity index (χ1v) is 7.13. The molecule has 0 unspecified atom stereocenters. The highest BCUT2D eigenvalue weighted by molar-refractivity contribution is 9.10. The number of amides is 1. The highest BCUT2D eigenvalue weighted by atomic mass is 79.9. The summed E-state index contributed by atoms with van der Waals surface area (Å²) >= 11 is 9.38. The quantitative estimate of drug-likeness (QED) is 0.889. The molecule has 20 heavy (non-hydrogen) atoms. The van der Waals surface area contributed by atoms with E-state index in [-0.39, 0.29) is 12.3 Å². The number of hydrogen-bond donors (Lipinski definition) is 1. The average Bonchev–Trinajstić information content (AvgIpc) is 2.43. The van der Waals surface area contributed by atoms with Crippen LogP contribution in [0, 0.1) is 0 Å². The maximum atomic E-state index is 12.0. The molecule has 0 atom stereocenters. The minimum absolute atomic E-state index is 0.127. The molecule has 104 valence electrons. The van der Waals surface area contributed by atoms with E-state index in [1.807, 2.05) is 30.3 Å². The van der Waals surface area contributed by atoms with Gasteiger partial charge in [0.05, 0.1) is 24.2 Å². The van der Waals surface area contributed by atoms with E-state index in [1.165, 1.54) is 0 Å². The summed E-state index contributed by atoms with van der Waals surface area (Å²) in [6.07, 6.45) is 0.264. The molecule has 2 aromatic carbocycles.